The van der Waals surface area contributed by atoms with E-state index < -0.39 is 18.3 Å². The minimum Gasteiger partial charge on any atom is -0.453 e. The topological polar surface area (TPSA) is 58.6 Å². The number of amides is 2. The molecule has 114 valence electrons. The van der Waals surface area contributed by atoms with Gasteiger partial charge in [0.1, 0.15) is 12.2 Å². The van der Waals surface area contributed by atoms with Gasteiger partial charge in [0.05, 0.1) is 19.7 Å². The molecule has 0 aromatic carbocycles. The molecule has 0 saturated carbocycles. The van der Waals surface area contributed by atoms with Crippen molar-refractivity contribution in [1.29, 1.82) is 0 Å². The van der Waals surface area contributed by atoms with Crippen LogP contribution in [0.25, 0.3) is 0 Å². The van der Waals surface area contributed by atoms with Crippen LogP contribution in [0.15, 0.2) is 12.2 Å². The number of hydrogen-bond acceptors (Lipinski definition) is 3. The molecular formula is C14H23FN2O3. The Kier molecular flexibility index (Phi) is 5.53. The molecule has 1 rings (SSSR count). The lowest BCUT2D eigenvalue weighted by Crippen LogP contribution is -2.52. The number of ether oxygens (including phenoxy) is 1. The maximum absolute atomic E-state index is 13.6. The van der Waals surface area contributed by atoms with Crippen LogP contribution in [-0.4, -0.2) is 48.8 Å². The normalized spacial score (nSPS) is 23.6. The Morgan fingerprint density at radius 1 is 1.45 bits per heavy atom. The maximum Gasteiger partial charge on any atom is 0.407 e. The number of nitrogens with one attached hydrogen (secondary N) is 1. The Bertz CT molecular complexity index is 398. The highest BCUT2D eigenvalue weighted by Gasteiger charge is 2.39. The average Bonchev–Trinajstić information content (AvgIpc) is 2.76. The average molecular weight is 286 g/mol. The van der Waals surface area contributed by atoms with Gasteiger partial charge in [-0.15, -0.1) is 0 Å². The first-order valence-corrected chi connectivity index (χ1v) is 6.72. The van der Waals surface area contributed by atoms with Crippen molar-refractivity contribution in [1.82, 2.24) is 10.2 Å². The third-order valence-corrected chi connectivity index (χ3v) is 3.49. The first-order valence-electron chi connectivity index (χ1n) is 6.72. The van der Waals surface area contributed by atoms with Crippen LogP contribution in [0.2, 0.25) is 0 Å². The monoisotopic (exact) mass is 286 g/mol. The van der Waals surface area contributed by atoms with Crippen LogP contribution in [0.4, 0.5) is 9.18 Å². The van der Waals surface area contributed by atoms with E-state index in [1.54, 1.807) is 6.92 Å². The van der Waals surface area contributed by atoms with Gasteiger partial charge in [0.2, 0.25) is 5.91 Å². The summed E-state index contributed by atoms with van der Waals surface area (Å²) in [6.07, 6.45) is -1.45. The Hall–Kier alpha value is -1.59. The number of alkyl halides is 1. The van der Waals surface area contributed by atoms with E-state index in [4.69, 9.17) is 0 Å². The van der Waals surface area contributed by atoms with Crippen LogP contribution < -0.4 is 5.32 Å². The molecule has 1 N–H and O–H groups in total. The van der Waals surface area contributed by atoms with Gasteiger partial charge in [0.25, 0.3) is 0 Å². The fourth-order valence-electron chi connectivity index (χ4n) is 2.37. The lowest BCUT2D eigenvalue weighted by atomic mass is 10.0. The molecular weight excluding hydrogens is 263 g/mol. The number of likely N-dealkylation sites (tertiary alicyclic amines) is 1. The Morgan fingerprint density at radius 3 is 2.50 bits per heavy atom. The van der Waals surface area contributed by atoms with E-state index >= 15 is 0 Å². The summed E-state index contributed by atoms with van der Waals surface area (Å²) >= 11 is 0. The van der Waals surface area contributed by atoms with E-state index in [0.717, 1.165) is 5.57 Å². The third kappa shape index (κ3) is 3.71. The van der Waals surface area contributed by atoms with Gasteiger partial charge < -0.3 is 15.0 Å². The van der Waals surface area contributed by atoms with Crippen LogP contribution >= 0.6 is 0 Å². The van der Waals surface area contributed by atoms with Crippen LogP contribution in [0.1, 0.15) is 27.2 Å². The molecule has 1 aliphatic heterocycles. The third-order valence-electron chi connectivity index (χ3n) is 3.49. The number of nitrogens with zero attached hydrogens (tertiary/aromatic N) is 1. The summed E-state index contributed by atoms with van der Waals surface area (Å²) < 4.78 is 18.1. The van der Waals surface area contributed by atoms with Crippen molar-refractivity contribution in [3.8, 4) is 0 Å². The van der Waals surface area contributed by atoms with Crippen LogP contribution in [0, 0.1) is 5.92 Å². The highest BCUT2D eigenvalue weighted by molar-refractivity contribution is 5.86. The van der Waals surface area contributed by atoms with E-state index in [1.165, 1.54) is 12.0 Å². The highest BCUT2D eigenvalue weighted by atomic mass is 19.1. The number of alkyl carbamates (subject to hydrolysis) is 1. The molecule has 0 bridgehead atoms. The second-order valence-corrected chi connectivity index (χ2v) is 5.54. The van der Waals surface area contributed by atoms with E-state index in [1.807, 2.05) is 13.8 Å². The highest BCUT2D eigenvalue weighted by Crippen LogP contribution is 2.26. The number of methoxy groups -OCH3 is 1. The molecule has 1 unspecified atom stereocenters. The van der Waals surface area contributed by atoms with E-state index in [9.17, 15) is 14.0 Å². The molecule has 1 heterocycles. The summed E-state index contributed by atoms with van der Waals surface area (Å²) in [7, 11) is 1.24. The molecule has 5 nitrogen and oxygen atoms in total. The molecule has 6 heteroatoms. The zero-order chi connectivity index (χ0) is 15.4. The van der Waals surface area contributed by atoms with Crippen molar-refractivity contribution in [3.05, 3.63) is 12.2 Å². The number of hydrogen-bond donors (Lipinski definition) is 1. The molecule has 3 atom stereocenters. The Morgan fingerprint density at radius 2 is 2.05 bits per heavy atom. The number of rotatable bonds is 4. The molecule has 1 fully saturated rings. The van der Waals surface area contributed by atoms with E-state index in [2.05, 4.69) is 16.6 Å². The van der Waals surface area contributed by atoms with Gasteiger partial charge >= 0.3 is 6.09 Å². The summed E-state index contributed by atoms with van der Waals surface area (Å²) in [5, 5.41) is 2.51. The van der Waals surface area contributed by atoms with Gasteiger partial charge in [-0.3, -0.25) is 4.79 Å². The minimum absolute atomic E-state index is 0.0441. The lowest BCUT2D eigenvalue weighted by Gasteiger charge is -2.30. The van der Waals surface area contributed by atoms with Crippen molar-refractivity contribution in [3.63, 3.8) is 0 Å². The quantitative estimate of drug-likeness (QED) is 0.803. The summed E-state index contributed by atoms with van der Waals surface area (Å²) in [4.78, 5) is 25.3. The fourth-order valence-corrected chi connectivity index (χ4v) is 2.37. The SMILES string of the molecule is C=C(C)C1C[C@@H](F)CN1C(=O)[C@@H](NC(=O)OC)C(C)C. The minimum atomic E-state index is -1.05. The zero-order valence-corrected chi connectivity index (χ0v) is 12.5. The molecule has 1 saturated heterocycles. The van der Waals surface area contributed by atoms with Crippen molar-refractivity contribution < 1.29 is 18.7 Å². The molecule has 0 aromatic rings. The van der Waals surface area contributed by atoms with Gasteiger partial charge in [-0.2, -0.15) is 0 Å². The molecule has 0 spiro atoms. The molecule has 1 aliphatic rings. The summed E-state index contributed by atoms with van der Waals surface area (Å²) in [6, 6.07) is -1.03. The predicted octanol–water partition coefficient (Wildman–Crippen LogP) is 1.88. The number of carbonyl (C=O) groups excluding carboxylic acids is 2. The van der Waals surface area contributed by atoms with Crippen molar-refractivity contribution in [2.24, 2.45) is 5.92 Å². The molecule has 0 radical (unpaired) electrons. The van der Waals surface area contributed by atoms with Gasteiger partial charge in [0, 0.05) is 6.42 Å². The largest absolute Gasteiger partial charge is 0.453 e. The van der Waals surface area contributed by atoms with E-state index in [0.29, 0.717) is 0 Å². The van der Waals surface area contributed by atoms with Crippen LogP contribution in [0.5, 0.6) is 0 Å². The lowest BCUT2D eigenvalue weighted by molar-refractivity contribution is -0.134. The summed E-state index contributed by atoms with van der Waals surface area (Å²) in [6.45, 7) is 9.27. The molecule has 2 amide bonds. The Balaban J connectivity index is 2.88. The van der Waals surface area contributed by atoms with Crippen LogP contribution in [0.3, 0.4) is 0 Å². The van der Waals surface area contributed by atoms with Crippen LogP contribution in [-0.2, 0) is 9.53 Å². The van der Waals surface area contributed by atoms with Crippen molar-refractivity contribution >= 4 is 12.0 Å². The smallest absolute Gasteiger partial charge is 0.407 e. The second kappa shape index (κ2) is 6.72. The molecule has 0 aromatic heterocycles. The maximum atomic E-state index is 13.6. The first kappa shape index (κ1) is 16.5. The Labute approximate surface area is 119 Å². The zero-order valence-electron chi connectivity index (χ0n) is 12.5. The number of carbonyl (C=O) groups is 2. The summed E-state index contributed by atoms with van der Waals surface area (Å²) in [5.74, 6) is -0.412. The molecule has 0 aliphatic carbocycles. The van der Waals surface area contributed by atoms with Crippen molar-refractivity contribution in [2.75, 3.05) is 13.7 Å². The fraction of sp³-hybridized carbons (Fsp3) is 0.714. The number of halogens is 1. The van der Waals surface area contributed by atoms with Crippen molar-refractivity contribution in [2.45, 2.75) is 45.4 Å². The summed E-state index contributed by atoms with van der Waals surface area (Å²) in [5.41, 5.74) is 0.749. The van der Waals surface area contributed by atoms with Gasteiger partial charge in [-0.05, 0) is 12.8 Å². The van der Waals surface area contributed by atoms with E-state index in [-0.39, 0.29) is 30.8 Å². The molecule has 20 heavy (non-hydrogen) atoms. The first-order chi connectivity index (χ1) is 9.27. The van der Waals surface area contributed by atoms with Gasteiger partial charge in [-0.25, -0.2) is 9.18 Å². The van der Waals surface area contributed by atoms with Gasteiger partial charge in [0.15, 0.2) is 0 Å². The standard InChI is InChI=1S/C14H23FN2O3/c1-8(2)11-6-10(15)7-17(11)13(18)12(9(3)4)16-14(19)20-5/h9-12H,1,6-7H2,2-5H3,(H,16,19)/t10-,11?,12+/m1/s1. The second-order valence-electron chi connectivity index (χ2n) is 5.54. The van der Waals surface area contributed by atoms with Gasteiger partial charge in [-0.1, -0.05) is 26.0 Å². The predicted molar refractivity (Wildman–Crippen MR) is 74.0 cm³/mol.